The Balaban J connectivity index is 1.48. The highest BCUT2D eigenvalue weighted by Crippen LogP contribution is 2.35. The fourth-order valence-corrected chi connectivity index (χ4v) is 4.70. The molecule has 5 aromatic rings. The van der Waals surface area contributed by atoms with Crippen molar-refractivity contribution in [1.29, 1.82) is 0 Å². The number of pyridine rings is 1. The number of aromatic nitrogens is 4. The lowest BCUT2D eigenvalue weighted by molar-refractivity contribution is 0.460. The number of piperidine rings is 1. The highest BCUT2D eigenvalue weighted by Gasteiger charge is 2.19. The van der Waals surface area contributed by atoms with E-state index in [1.165, 1.54) is 11.6 Å². The van der Waals surface area contributed by atoms with Gasteiger partial charge >= 0.3 is 0 Å². The third kappa shape index (κ3) is 3.11. The van der Waals surface area contributed by atoms with Gasteiger partial charge in [-0.25, -0.2) is 4.39 Å². The number of H-pyrrole nitrogens is 2. The molecule has 0 aliphatic carbocycles. The molecule has 0 atom stereocenters. The smallest absolute Gasteiger partial charge is 0.132 e. The van der Waals surface area contributed by atoms with E-state index >= 15 is 0 Å². The van der Waals surface area contributed by atoms with Crippen molar-refractivity contribution in [3.63, 3.8) is 0 Å². The van der Waals surface area contributed by atoms with Gasteiger partial charge in [-0.05, 0) is 73.8 Å². The van der Waals surface area contributed by atoms with Gasteiger partial charge in [-0.1, -0.05) is 18.2 Å². The zero-order valence-corrected chi connectivity index (χ0v) is 17.0. The van der Waals surface area contributed by atoms with Crippen molar-refractivity contribution in [2.24, 2.45) is 0 Å². The summed E-state index contributed by atoms with van der Waals surface area (Å²) in [6, 6.07) is 17.3. The second kappa shape index (κ2) is 7.32. The maximum absolute atomic E-state index is 14.4. The van der Waals surface area contributed by atoms with Crippen LogP contribution >= 0.6 is 0 Å². The zero-order valence-electron chi connectivity index (χ0n) is 17.0. The molecule has 3 aromatic heterocycles. The zero-order chi connectivity index (χ0) is 20.8. The summed E-state index contributed by atoms with van der Waals surface area (Å²) < 4.78 is 14.4. The van der Waals surface area contributed by atoms with Crippen LogP contribution in [0.25, 0.3) is 44.5 Å². The molecule has 0 unspecified atom stereocenters. The number of rotatable bonds is 3. The number of aromatic amines is 2. The highest BCUT2D eigenvalue weighted by atomic mass is 19.1. The molecule has 1 fully saturated rings. The molecule has 1 saturated heterocycles. The maximum atomic E-state index is 14.4. The minimum Gasteiger partial charge on any atom is -0.353 e. The molecular formula is C25H22FN5. The Bertz CT molecular complexity index is 1390. The van der Waals surface area contributed by atoms with Gasteiger partial charge in [0.15, 0.2) is 0 Å². The van der Waals surface area contributed by atoms with E-state index in [9.17, 15) is 4.39 Å². The van der Waals surface area contributed by atoms with E-state index in [0.717, 1.165) is 59.1 Å². The fourth-order valence-electron chi connectivity index (χ4n) is 4.70. The Kier molecular flexibility index (Phi) is 4.32. The van der Waals surface area contributed by atoms with Gasteiger partial charge in [0.1, 0.15) is 11.5 Å². The fraction of sp³-hybridized carbons (Fsp3) is 0.200. The third-order valence-electron chi connectivity index (χ3n) is 6.33. The lowest BCUT2D eigenvalue weighted by Crippen LogP contribution is -2.26. The molecule has 6 heteroatoms. The number of nitrogens with zero attached hydrogens (tertiary/aromatic N) is 2. The van der Waals surface area contributed by atoms with E-state index < -0.39 is 0 Å². The topological polar surface area (TPSA) is 69.4 Å². The third-order valence-corrected chi connectivity index (χ3v) is 6.33. The van der Waals surface area contributed by atoms with Crippen LogP contribution in [0.3, 0.4) is 0 Å². The van der Waals surface area contributed by atoms with E-state index in [1.807, 2.05) is 18.2 Å². The molecule has 2 aromatic carbocycles. The monoisotopic (exact) mass is 411 g/mol. The summed E-state index contributed by atoms with van der Waals surface area (Å²) in [5.74, 6) is 0.301. The summed E-state index contributed by atoms with van der Waals surface area (Å²) in [7, 11) is 0. The van der Waals surface area contributed by atoms with Crippen LogP contribution < -0.4 is 5.32 Å². The quantitative estimate of drug-likeness (QED) is 0.373. The minimum atomic E-state index is -0.276. The van der Waals surface area contributed by atoms with Gasteiger partial charge in [-0.2, -0.15) is 5.10 Å². The van der Waals surface area contributed by atoms with Crippen molar-refractivity contribution in [3.8, 4) is 22.6 Å². The summed E-state index contributed by atoms with van der Waals surface area (Å²) in [5, 5.41) is 13.2. The molecule has 0 radical (unpaired) electrons. The minimum absolute atomic E-state index is 0.276. The van der Waals surface area contributed by atoms with Crippen molar-refractivity contribution in [1.82, 2.24) is 25.5 Å². The van der Waals surface area contributed by atoms with Crippen LogP contribution in [0.4, 0.5) is 4.39 Å². The highest BCUT2D eigenvalue weighted by molar-refractivity contribution is 6.00. The number of benzene rings is 2. The average molecular weight is 411 g/mol. The lowest BCUT2D eigenvalue weighted by atomic mass is 9.89. The van der Waals surface area contributed by atoms with E-state index in [2.05, 4.69) is 43.7 Å². The van der Waals surface area contributed by atoms with Gasteiger partial charge in [-0.15, -0.1) is 0 Å². The predicted octanol–water partition coefficient (Wildman–Crippen LogP) is 5.38. The average Bonchev–Trinajstić information content (AvgIpc) is 3.43. The van der Waals surface area contributed by atoms with Crippen LogP contribution in [-0.2, 0) is 0 Å². The largest absolute Gasteiger partial charge is 0.353 e. The number of halogens is 1. The first-order chi connectivity index (χ1) is 15.3. The molecule has 0 bridgehead atoms. The van der Waals surface area contributed by atoms with Crippen molar-refractivity contribution < 1.29 is 4.39 Å². The van der Waals surface area contributed by atoms with Gasteiger partial charge in [0.05, 0.1) is 16.9 Å². The molecule has 0 amide bonds. The Hall–Kier alpha value is -3.51. The molecule has 6 rings (SSSR count). The van der Waals surface area contributed by atoms with Crippen molar-refractivity contribution in [3.05, 3.63) is 72.2 Å². The number of hydrogen-bond donors (Lipinski definition) is 3. The molecule has 1 aliphatic heterocycles. The van der Waals surface area contributed by atoms with E-state index in [4.69, 9.17) is 0 Å². The predicted molar refractivity (Wildman–Crippen MR) is 121 cm³/mol. The molecule has 5 nitrogen and oxygen atoms in total. The van der Waals surface area contributed by atoms with Gasteiger partial charge in [0.25, 0.3) is 0 Å². The Morgan fingerprint density at radius 1 is 0.871 bits per heavy atom. The molecule has 3 N–H and O–H groups in total. The first kappa shape index (κ1) is 18.3. The van der Waals surface area contributed by atoms with Crippen molar-refractivity contribution in [2.75, 3.05) is 13.1 Å². The van der Waals surface area contributed by atoms with Gasteiger partial charge < -0.3 is 10.3 Å². The first-order valence-electron chi connectivity index (χ1n) is 10.7. The van der Waals surface area contributed by atoms with E-state index in [-0.39, 0.29) is 5.82 Å². The molecule has 154 valence electrons. The Morgan fingerprint density at radius 2 is 1.71 bits per heavy atom. The second-order valence-corrected chi connectivity index (χ2v) is 8.19. The molecule has 4 heterocycles. The van der Waals surface area contributed by atoms with Crippen LogP contribution in [0.1, 0.15) is 24.3 Å². The Morgan fingerprint density at radius 3 is 2.58 bits per heavy atom. The van der Waals surface area contributed by atoms with Crippen molar-refractivity contribution in [2.45, 2.75) is 18.8 Å². The SMILES string of the molecule is Fc1ccccc1-c1nccc2[nH]c(-c3n[nH]c4ccc(C5CCNCC5)cc34)cc12. The second-order valence-electron chi connectivity index (χ2n) is 8.19. The lowest BCUT2D eigenvalue weighted by Gasteiger charge is -2.23. The van der Waals surface area contributed by atoms with Crippen LogP contribution in [0.2, 0.25) is 0 Å². The van der Waals surface area contributed by atoms with Crippen molar-refractivity contribution >= 4 is 21.8 Å². The van der Waals surface area contributed by atoms with Gasteiger partial charge in [0, 0.05) is 28.0 Å². The van der Waals surface area contributed by atoms with E-state index in [1.54, 1.807) is 18.3 Å². The van der Waals surface area contributed by atoms with Crippen LogP contribution in [0, 0.1) is 5.82 Å². The normalized spacial score (nSPS) is 15.1. The molecule has 0 saturated carbocycles. The summed E-state index contributed by atoms with van der Waals surface area (Å²) >= 11 is 0. The number of fused-ring (bicyclic) bond motifs is 2. The van der Waals surface area contributed by atoms with Gasteiger partial charge in [0.2, 0.25) is 0 Å². The Labute approximate surface area is 178 Å². The summed E-state index contributed by atoms with van der Waals surface area (Å²) in [6.07, 6.45) is 4.02. The van der Waals surface area contributed by atoms with Gasteiger partial charge in [-0.3, -0.25) is 10.1 Å². The standard InChI is InChI=1S/C25H22FN5/c26-20-4-2-1-3-17(20)24-19-14-23(29-21(19)9-12-28-24)25-18-13-16(5-6-22(18)30-31-25)15-7-10-27-11-8-15/h1-6,9,12-15,27,29H,7-8,10-11H2,(H,30,31). The van der Waals surface area contributed by atoms with Crippen LogP contribution in [0.15, 0.2) is 60.8 Å². The summed E-state index contributed by atoms with van der Waals surface area (Å²) in [6.45, 7) is 2.13. The molecule has 1 aliphatic rings. The molecular weight excluding hydrogens is 389 g/mol. The maximum Gasteiger partial charge on any atom is 0.132 e. The number of nitrogens with one attached hydrogen (secondary N) is 3. The summed E-state index contributed by atoms with van der Waals surface area (Å²) in [5.41, 5.74) is 6.19. The van der Waals surface area contributed by atoms with Crippen LogP contribution in [0.5, 0.6) is 0 Å². The molecule has 31 heavy (non-hydrogen) atoms. The van der Waals surface area contributed by atoms with E-state index in [0.29, 0.717) is 17.2 Å². The molecule has 0 spiro atoms. The summed E-state index contributed by atoms with van der Waals surface area (Å²) in [4.78, 5) is 7.94. The van der Waals surface area contributed by atoms with Crippen LogP contribution in [-0.4, -0.2) is 33.3 Å². The first-order valence-corrected chi connectivity index (χ1v) is 10.7. The number of hydrogen-bond acceptors (Lipinski definition) is 3.